The SMILES string of the molecule is CC(C)C[C@H](NC(=O)[C@H](CCc1ccccc1)NC(=O)c1ccc(C(=O)O)c(-c2c3ccc(=[N+](C)C)cc-3oc3cc(N(C)C)ccc23)c1)C(=O)N[C@@H](Cc1ccccc1)C(=O)N[C@@H](CC(C)C)C(=O)C1(C)CC1. The van der Waals surface area contributed by atoms with Crippen molar-refractivity contribution in [3.63, 3.8) is 0 Å². The van der Waals surface area contributed by atoms with Crippen LogP contribution in [0.1, 0.15) is 98.6 Å². The van der Waals surface area contributed by atoms with Crippen molar-refractivity contribution in [3.05, 3.63) is 143 Å². The van der Waals surface area contributed by atoms with E-state index < -0.39 is 59.2 Å². The van der Waals surface area contributed by atoms with Crippen LogP contribution >= 0.6 is 0 Å². The van der Waals surface area contributed by atoms with Gasteiger partial charge in [0, 0.05) is 65.8 Å². The third kappa shape index (κ3) is 13.3. The molecule has 0 bridgehead atoms. The van der Waals surface area contributed by atoms with Gasteiger partial charge in [0.15, 0.2) is 5.78 Å². The van der Waals surface area contributed by atoms with E-state index in [0.29, 0.717) is 40.7 Å². The van der Waals surface area contributed by atoms with E-state index >= 15 is 0 Å². The lowest BCUT2D eigenvalue weighted by Gasteiger charge is -2.28. The molecule has 388 valence electrons. The van der Waals surface area contributed by atoms with Gasteiger partial charge in [0.1, 0.15) is 43.6 Å². The quantitative estimate of drug-likeness (QED) is 0.0333. The number of nitrogens with one attached hydrogen (secondary N) is 4. The Balaban J connectivity index is 1.21. The molecule has 1 heterocycles. The van der Waals surface area contributed by atoms with E-state index in [4.69, 9.17) is 4.42 Å². The average Bonchev–Trinajstić information content (AvgIpc) is 4.13. The Bertz CT molecular complexity index is 3060. The molecule has 2 aliphatic carbocycles. The topological polar surface area (TPSA) is 190 Å². The van der Waals surface area contributed by atoms with E-state index in [1.165, 1.54) is 18.2 Å². The van der Waals surface area contributed by atoms with Crippen LogP contribution in [0.2, 0.25) is 0 Å². The molecule has 4 aromatic carbocycles. The molecule has 0 aromatic heterocycles. The minimum Gasteiger partial charge on any atom is -0.478 e. The van der Waals surface area contributed by atoms with Gasteiger partial charge < -0.3 is 35.7 Å². The van der Waals surface area contributed by atoms with E-state index in [2.05, 4.69) is 21.3 Å². The first-order chi connectivity index (χ1) is 35.2. The van der Waals surface area contributed by atoms with Crippen LogP contribution in [-0.4, -0.2) is 92.8 Å². The lowest BCUT2D eigenvalue weighted by Crippen LogP contribution is -2.58. The Kier molecular flexibility index (Phi) is 17.2. The number of carboxylic acids is 1. The molecule has 0 radical (unpaired) electrons. The minimum atomic E-state index is -1.20. The van der Waals surface area contributed by atoms with Crippen molar-refractivity contribution in [2.45, 2.75) is 104 Å². The number of fused-ring (bicyclic) bond motifs is 2. The van der Waals surface area contributed by atoms with Crippen molar-refractivity contribution in [3.8, 4) is 22.5 Å². The second kappa shape index (κ2) is 23.5. The Morgan fingerprint density at radius 2 is 1.26 bits per heavy atom. The first-order valence-electron chi connectivity index (χ1n) is 25.6. The van der Waals surface area contributed by atoms with Crippen molar-refractivity contribution in [2.75, 3.05) is 33.1 Å². The van der Waals surface area contributed by atoms with Crippen molar-refractivity contribution >= 4 is 52.0 Å². The highest BCUT2D eigenvalue weighted by atomic mass is 16.4. The number of benzene rings is 5. The maximum atomic E-state index is 14.7. The van der Waals surface area contributed by atoms with Gasteiger partial charge in [0.25, 0.3) is 5.91 Å². The summed E-state index contributed by atoms with van der Waals surface area (Å²) in [6.45, 7) is 9.76. The van der Waals surface area contributed by atoms with Crippen molar-refractivity contribution in [1.29, 1.82) is 0 Å². The number of hydrogen-bond donors (Lipinski definition) is 5. The van der Waals surface area contributed by atoms with Gasteiger partial charge in [-0.2, -0.15) is 0 Å². The highest BCUT2D eigenvalue weighted by molar-refractivity contribution is 6.10. The van der Waals surface area contributed by atoms with Crippen LogP contribution in [0.5, 0.6) is 0 Å². The molecular weight excluding hydrogens is 933 g/mol. The highest BCUT2D eigenvalue weighted by Gasteiger charge is 2.48. The zero-order valence-corrected chi connectivity index (χ0v) is 44.1. The van der Waals surface area contributed by atoms with Gasteiger partial charge in [-0.1, -0.05) is 95.3 Å². The summed E-state index contributed by atoms with van der Waals surface area (Å²) in [7, 11) is 7.66. The fraction of sp³-hybridized carbons (Fsp3) is 0.383. The van der Waals surface area contributed by atoms with E-state index in [1.807, 2.05) is 169 Å². The fourth-order valence-corrected chi connectivity index (χ4v) is 9.40. The number of rotatable bonds is 22. The van der Waals surface area contributed by atoms with E-state index in [9.17, 15) is 33.9 Å². The lowest BCUT2D eigenvalue weighted by atomic mass is 9.89. The molecule has 1 fully saturated rings. The van der Waals surface area contributed by atoms with Gasteiger partial charge in [-0.25, -0.2) is 9.37 Å². The Morgan fingerprint density at radius 3 is 1.86 bits per heavy atom. The summed E-state index contributed by atoms with van der Waals surface area (Å²) in [5, 5.41) is 24.0. The smallest absolute Gasteiger partial charge is 0.336 e. The molecule has 0 unspecified atom stereocenters. The standard InChI is InChI=1S/C60H70N6O8/c1-36(2)30-48(54(67)60(5)28-29-60)62-58(71)50(32-39-18-14-11-15-19-39)64-57(70)49(31-37(3)4)63-56(69)47(27-20-38-16-12-10-13-17-38)61-55(68)40-21-24-43(59(72)73)46(33-40)53-44-25-22-41(65(6)7)34-51(44)74-52-35-42(66(8)9)23-26-45(52)53/h10-19,21-26,33-37,47-50H,20,27-32H2,1-9H3,(H4-,61,62,63,64,68,69,70,71,72,73)/p+1/t47-,48-,49-,50-/m0/s1. The van der Waals surface area contributed by atoms with Gasteiger partial charge in [-0.05, 0) is 103 Å². The number of carbonyl (C=O) groups excluding carboxylic acids is 5. The predicted molar refractivity (Wildman–Crippen MR) is 290 cm³/mol. The van der Waals surface area contributed by atoms with Crippen LogP contribution in [0, 0.1) is 17.3 Å². The number of aromatic carboxylic acids is 1. The maximum Gasteiger partial charge on any atom is 0.336 e. The minimum absolute atomic E-state index is 0.0117. The Labute approximate surface area is 434 Å². The molecule has 14 heteroatoms. The van der Waals surface area contributed by atoms with E-state index in [-0.39, 0.29) is 53.6 Å². The molecule has 7 rings (SSSR count). The van der Waals surface area contributed by atoms with Crippen LogP contribution in [0.25, 0.3) is 33.4 Å². The third-order valence-electron chi connectivity index (χ3n) is 13.9. The Hall–Kier alpha value is -7.61. The van der Waals surface area contributed by atoms with Gasteiger partial charge in [-0.15, -0.1) is 0 Å². The summed E-state index contributed by atoms with van der Waals surface area (Å²) in [5.74, 6) is -2.98. The van der Waals surface area contributed by atoms with E-state index in [0.717, 1.165) is 35.0 Å². The number of carbonyl (C=O) groups is 6. The number of nitrogens with zero attached hydrogens (tertiary/aromatic N) is 2. The van der Waals surface area contributed by atoms with Gasteiger partial charge in [-0.3, -0.25) is 24.0 Å². The van der Waals surface area contributed by atoms with E-state index in [1.54, 1.807) is 0 Å². The molecule has 0 saturated heterocycles. The first-order valence-corrected chi connectivity index (χ1v) is 25.6. The van der Waals surface area contributed by atoms with Crippen molar-refractivity contribution in [2.24, 2.45) is 17.3 Å². The molecule has 74 heavy (non-hydrogen) atoms. The normalized spacial score (nSPS) is 14.4. The Morgan fingerprint density at radius 1 is 0.662 bits per heavy atom. The van der Waals surface area contributed by atoms with Crippen LogP contribution in [0.3, 0.4) is 0 Å². The third-order valence-corrected chi connectivity index (χ3v) is 13.9. The number of Topliss-reactive ketones (excluding diaryl/α,β-unsaturated/α-hetero) is 1. The summed E-state index contributed by atoms with van der Waals surface area (Å²) in [6, 6.07) is 30.5. The molecule has 3 aliphatic rings. The zero-order chi connectivity index (χ0) is 53.4. The maximum absolute atomic E-state index is 14.7. The average molecular weight is 1000 g/mol. The highest BCUT2D eigenvalue weighted by Crippen LogP contribution is 2.47. The van der Waals surface area contributed by atoms with Crippen LogP contribution in [0.4, 0.5) is 5.69 Å². The summed E-state index contributed by atoms with van der Waals surface area (Å²) in [6.07, 6.45) is 2.87. The number of aryl methyl sites for hydroxylation is 1. The molecule has 1 aliphatic heterocycles. The van der Waals surface area contributed by atoms with Crippen LogP contribution < -0.4 is 36.1 Å². The molecule has 4 atom stereocenters. The van der Waals surface area contributed by atoms with Crippen LogP contribution in [-0.2, 0) is 32.0 Å². The van der Waals surface area contributed by atoms with Crippen molar-refractivity contribution in [1.82, 2.24) is 25.8 Å². The number of anilines is 1. The lowest BCUT2D eigenvalue weighted by molar-refractivity contribution is -0.134. The van der Waals surface area contributed by atoms with Gasteiger partial charge in [0.2, 0.25) is 23.1 Å². The number of hydrogen-bond acceptors (Lipinski definition) is 8. The molecule has 4 amide bonds. The second-order valence-corrected chi connectivity index (χ2v) is 21.3. The number of ketones is 1. The summed E-state index contributed by atoms with van der Waals surface area (Å²) < 4.78 is 8.45. The largest absolute Gasteiger partial charge is 0.478 e. The molecule has 0 spiro atoms. The zero-order valence-electron chi connectivity index (χ0n) is 44.1. The number of carboxylic acid groups (broad SMARTS) is 1. The fourth-order valence-electron chi connectivity index (χ4n) is 9.40. The first kappa shape index (κ1) is 54.2. The van der Waals surface area contributed by atoms with Gasteiger partial charge in [0.05, 0.1) is 17.7 Å². The molecular formula is C60H71N6O8+. The molecule has 4 aromatic rings. The van der Waals surface area contributed by atoms with Gasteiger partial charge >= 0.3 is 5.97 Å². The summed E-state index contributed by atoms with van der Waals surface area (Å²) in [5.41, 5.74) is 4.16. The monoisotopic (exact) mass is 1000 g/mol. The molecule has 1 saturated carbocycles. The number of amides is 4. The van der Waals surface area contributed by atoms with Crippen molar-refractivity contribution < 1.29 is 38.3 Å². The molecule has 5 N–H and O–H groups in total. The molecule has 14 nitrogen and oxygen atoms in total. The summed E-state index contributed by atoms with van der Waals surface area (Å²) >= 11 is 0. The summed E-state index contributed by atoms with van der Waals surface area (Å²) in [4.78, 5) is 86.9. The second-order valence-electron chi connectivity index (χ2n) is 21.3. The van der Waals surface area contributed by atoms with Crippen LogP contribution in [0.15, 0.2) is 120 Å². The predicted octanol–water partition coefficient (Wildman–Crippen LogP) is 7.89.